The summed E-state index contributed by atoms with van der Waals surface area (Å²) in [6.45, 7) is 1.50. The van der Waals surface area contributed by atoms with Crippen LogP contribution in [-0.2, 0) is 11.2 Å². The van der Waals surface area contributed by atoms with E-state index in [2.05, 4.69) is 4.98 Å². The summed E-state index contributed by atoms with van der Waals surface area (Å²) in [5.74, 6) is -0.996. The molecule has 0 spiro atoms. The van der Waals surface area contributed by atoms with E-state index >= 15 is 0 Å². The van der Waals surface area contributed by atoms with Crippen LogP contribution < -0.4 is 5.73 Å². The standard InChI is InChI=1S/C9H12N2O2/c1-9(10,8(12)13)6-7-2-4-11-5-3-7/h2-5H,6,10H2,1H3,(H,12,13)/t9-/m0/s1. The van der Waals surface area contributed by atoms with Crippen LogP contribution in [0.2, 0.25) is 0 Å². The van der Waals surface area contributed by atoms with Crippen molar-refractivity contribution in [3.63, 3.8) is 0 Å². The Balaban J connectivity index is 2.75. The summed E-state index contributed by atoms with van der Waals surface area (Å²) in [4.78, 5) is 14.5. The summed E-state index contributed by atoms with van der Waals surface area (Å²) >= 11 is 0. The number of aromatic nitrogens is 1. The topological polar surface area (TPSA) is 76.2 Å². The molecule has 0 aliphatic heterocycles. The number of carboxylic acids is 1. The summed E-state index contributed by atoms with van der Waals surface area (Å²) in [5, 5.41) is 8.76. The molecule has 1 aromatic heterocycles. The van der Waals surface area contributed by atoms with Crippen molar-refractivity contribution in [2.24, 2.45) is 5.73 Å². The highest BCUT2D eigenvalue weighted by Crippen LogP contribution is 2.09. The number of carboxylic acid groups (broad SMARTS) is 1. The number of nitrogens with two attached hydrogens (primary N) is 1. The van der Waals surface area contributed by atoms with Gasteiger partial charge in [0.2, 0.25) is 0 Å². The Labute approximate surface area is 76.4 Å². The van der Waals surface area contributed by atoms with Gasteiger partial charge in [-0.05, 0) is 24.6 Å². The monoisotopic (exact) mass is 180 g/mol. The van der Waals surface area contributed by atoms with Gasteiger partial charge in [-0.3, -0.25) is 9.78 Å². The molecule has 0 aliphatic rings. The average Bonchev–Trinajstić information content (AvgIpc) is 2.05. The lowest BCUT2D eigenvalue weighted by Crippen LogP contribution is -2.46. The highest BCUT2D eigenvalue weighted by Gasteiger charge is 2.27. The lowest BCUT2D eigenvalue weighted by atomic mass is 9.95. The fourth-order valence-electron chi connectivity index (χ4n) is 1.00. The van der Waals surface area contributed by atoms with Crippen LogP contribution >= 0.6 is 0 Å². The number of hydrogen-bond acceptors (Lipinski definition) is 3. The van der Waals surface area contributed by atoms with Gasteiger partial charge < -0.3 is 10.8 Å². The summed E-state index contributed by atoms with van der Waals surface area (Å²) in [5.41, 5.74) is 5.24. The lowest BCUT2D eigenvalue weighted by Gasteiger charge is -2.18. The highest BCUT2D eigenvalue weighted by molar-refractivity contribution is 5.78. The smallest absolute Gasteiger partial charge is 0.323 e. The molecule has 1 heterocycles. The molecule has 0 bridgehead atoms. The largest absolute Gasteiger partial charge is 0.480 e. The van der Waals surface area contributed by atoms with E-state index in [4.69, 9.17) is 10.8 Å². The second-order valence-corrected chi connectivity index (χ2v) is 3.25. The summed E-state index contributed by atoms with van der Waals surface area (Å²) < 4.78 is 0. The van der Waals surface area contributed by atoms with Gasteiger partial charge in [0.15, 0.2) is 0 Å². The zero-order chi connectivity index (χ0) is 9.90. The first-order valence-electron chi connectivity index (χ1n) is 3.93. The maximum Gasteiger partial charge on any atom is 0.323 e. The van der Waals surface area contributed by atoms with Crippen molar-refractivity contribution in [3.8, 4) is 0 Å². The predicted molar refractivity (Wildman–Crippen MR) is 48.2 cm³/mol. The molecular formula is C9H12N2O2. The van der Waals surface area contributed by atoms with Gasteiger partial charge in [-0.1, -0.05) is 0 Å². The highest BCUT2D eigenvalue weighted by atomic mass is 16.4. The van der Waals surface area contributed by atoms with E-state index in [9.17, 15) is 4.79 Å². The third-order valence-electron chi connectivity index (χ3n) is 1.81. The van der Waals surface area contributed by atoms with Gasteiger partial charge in [-0.15, -0.1) is 0 Å². The molecular weight excluding hydrogens is 168 g/mol. The van der Waals surface area contributed by atoms with E-state index < -0.39 is 11.5 Å². The molecule has 0 aromatic carbocycles. The van der Waals surface area contributed by atoms with E-state index in [1.54, 1.807) is 24.5 Å². The molecule has 0 amide bonds. The zero-order valence-electron chi connectivity index (χ0n) is 7.40. The number of aliphatic carboxylic acids is 1. The Morgan fingerprint density at radius 1 is 1.62 bits per heavy atom. The third-order valence-corrected chi connectivity index (χ3v) is 1.81. The van der Waals surface area contributed by atoms with E-state index in [-0.39, 0.29) is 0 Å². The van der Waals surface area contributed by atoms with E-state index in [0.29, 0.717) is 6.42 Å². The fraction of sp³-hybridized carbons (Fsp3) is 0.333. The maximum absolute atomic E-state index is 10.7. The van der Waals surface area contributed by atoms with Crippen molar-refractivity contribution < 1.29 is 9.90 Å². The van der Waals surface area contributed by atoms with Crippen molar-refractivity contribution in [3.05, 3.63) is 30.1 Å². The molecule has 0 fully saturated rings. The average molecular weight is 180 g/mol. The van der Waals surface area contributed by atoms with Crippen LogP contribution in [0.25, 0.3) is 0 Å². The molecule has 4 heteroatoms. The van der Waals surface area contributed by atoms with Crippen molar-refractivity contribution in [1.29, 1.82) is 0 Å². The van der Waals surface area contributed by atoms with Gasteiger partial charge in [0.05, 0.1) is 0 Å². The van der Waals surface area contributed by atoms with E-state index in [0.717, 1.165) is 5.56 Å². The molecule has 0 saturated carbocycles. The van der Waals surface area contributed by atoms with Gasteiger partial charge in [0.25, 0.3) is 0 Å². The molecule has 0 saturated heterocycles. The molecule has 1 rings (SSSR count). The van der Waals surface area contributed by atoms with Crippen LogP contribution in [0, 0.1) is 0 Å². The van der Waals surface area contributed by atoms with Gasteiger partial charge in [-0.25, -0.2) is 0 Å². The predicted octanol–water partition coefficient (Wildman–Crippen LogP) is 0.426. The van der Waals surface area contributed by atoms with Crippen LogP contribution in [0.4, 0.5) is 0 Å². The van der Waals surface area contributed by atoms with Gasteiger partial charge >= 0.3 is 5.97 Å². The summed E-state index contributed by atoms with van der Waals surface area (Å²) in [7, 11) is 0. The van der Waals surface area contributed by atoms with Gasteiger partial charge in [0, 0.05) is 18.8 Å². The van der Waals surface area contributed by atoms with Crippen molar-refractivity contribution in [2.75, 3.05) is 0 Å². The minimum Gasteiger partial charge on any atom is -0.480 e. The molecule has 0 radical (unpaired) electrons. The maximum atomic E-state index is 10.7. The number of pyridine rings is 1. The van der Waals surface area contributed by atoms with Crippen LogP contribution in [0.15, 0.2) is 24.5 Å². The molecule has 70 valence electrons. The first kappa shape index (κ1) is 9.67. The van der Waals surface area contributed by atoms with Crippen molar-refractivity contribution >= 4 is 5.97 Å². The number of nitrogens with zero attached hydrogens (tertiary/aromatic N) is 1. The molecule has 1 atom stereocenters. The minimum atomic E-state index is -1.21. The molecule has 4 nitrogen and oxygen atoms in total. The van der Waals surface area contributed by atoms with E-state index in [1.165, 1.54) is 6.92 Å². The summed E-state index contributed by atoms with van der Waals surface area (Å²) in [6, 6.07) is 3.52. The minimum absolute atomic E-state index is 0.310. The van der Waals surface area contributed by atoms with E-state index in [1.807, 2.05) is 0 Å². The van der Waals surface area contributed by atoms with Crippen LogP contribution in [0.3, 0.4) is 0 Å². The SMILES string of the molecule is C[C@](N)(Cc1ccncc1)C(=O)O. The number of carbonyl (C=O) groups is 1. The Morgan fingerprint density at radius 3 is 2.62 bits per heavy atom. The molecule has 0 aliphatic carbocycles. The van der Waals surface area contributed by atoms with Crippen LogP contribution in [0.5, 0.6) is 0 Å². The van der Waals surface area contributed by atoms with Crippen LogP contribution in [0.1, 0.15) is 12.5 Å². The van der Waals surface area contributed by atoms with Gasteiger partial charge in [0.1, 0.15) is 5.54 Å². The first-order chi connectivity index (χ1) is 6.02. The van der Waals surface area contributed by atoms with Crippen LogP contribution in [-0.4, -0.2) is 21.6 Å². The van der Waals surface area contributed by atoms with Gasteiger partial charge in [-0.2, -0.15) is 0 Å². The first-order valence-corrected chi connectivity index (χ1v) is 3.93. The molecule has 3 N–H and O–H groups in total. The van der Waals surface area contributed by atoms with Crippen molar-refractivity contribution in [2.45, 2.75) is 18.9 Å². The third kappa shape index (κ3) is 2.52. The number of rotatable bonds is 3. The quantitative estimate of drug-likeness (QED) is 0.707. The Kier molecular flexibility index (Phi) is 2.63. The molecule has 13 heavy (non-hydrogen) atoms. The zero-order valence-corrected chi connectivity index (χ0v) is 7.40. The molecule has 1 aromatic rings. The lowest BCUT2D eigenvalue weighted by molar-refractivity contribution is -0.142. The second-order valence-electron chi connectivity index (χ2n) is 3.25. The normalized spacial score (nSPS) is 14.9. The Hall–Kier alpha value is -1.42. The summed E-state index contributed by atoms with van der Waals surface area (Å²) in [6.07, 6.45) is 3.55. The fourth-order valence-corrected chi connectivity index (χ4v) is 1.00. The second kappa shape index (κ2) is 3.53. The Bertz CT molecular complexity index is 296. The number of hydrogen-bond donors (Lipinski definition) is 2. The Morgan fingerprint density at radius 2 is 2.15 bits per heavy atom. The molecule has 0 unspecified atom stereocenters. The van der Waals surface area contributed by atoms with Crippen molar-refractivity contribution in [1.82, 2.24) is 4.98 Å².